The van der Waals surface area contributed by atoms with E-state index in [2.05, 4.69) is 41.5 Å². The minimum atomic E-state index is -0.240. The predicted molar refractivity (Wildman–Crippen MR) is 87.9 cm³/mol. The molecule has 0 aromatic heterocycles. The van der Waals surface area contributed by atoms with Crippen LogP contribution in [0.3, 0.4) is 0 Å². The maximum Gasteiger partial charge on any atom is 0.342 e. The number of rotatable bonds is 12. The molecule has 0 bridgehead atoms. The molecule has 1 atom stereocenters. The fourth-order valence-corrected chi connectivity index (χ4v) is 1.97. The monoisotopic (exact) mass is 300 g/mol. The van der Waals surface area contributed by atoms with Crippen LogP contribution in [0.25, 0.3) is 0 Å². The van der Waals surface area contributed by atoms with Gasteiger partial charge in [0.2, 0.25) is 0 Å². The van der Waals surface area contributed by atoms with Gasteiger partial charge in [-0.25, -0.2) is 4.79 Å². The van der Waals surface area contributed by atoms with Gasteiger partial charge in [-0.3, -0.25) is 4.89 Å². The van der Waals surface area contributed by atoms with Gasteiger partial charge < -0.3 is 0 Å². The van der Waals surface area contributed by atoms with E-state index in [4.69, 9.17) is 9.78 Å². The number of carbonyl (C=O) groups is 1. The zero-order valence-electron chi connectivity index (χ0n) is 15.1. The summed E-state index contributed by atoms with van der Waals surface area (Å²) in [5, 5.41) is 0. The molecule has 0 heterocycles. The lowest BCUT2D eigenvalue weighted by atomic mass is 9.76. The van der Waals surface area contributed by atoms with Gasteiger partial charge in [0.25, 0.3) is 0 Å². The number of hydrogen-bond acceptors (Lipinski definition) is 3. The molecule has 21 heavy (non-hydrogen) atoms. The molecule has 0 N–H and O–H groups in total. The van der Waals surface area contributed by atoms with E-state index in [0.29, 0.717) is 18.4 Å². The molecular weight excluding hydrogens is 264 g/mol. The fraction of sp³-hybridized carbons (Fsp3) is 0.944. The molecule has 0 saturated heterocycles. The molecule has 0 radical (unpaired) electrons. The smallest absolute Gasteiger partial charge is 0.298 e. The lowest BCUT2D eigenvalue weighted by molar-refractivity contribution is -0.286. The maximum atomic E-state index is 11.5. The number of unbranched alkanes of at least 4 members (excludes halogenated alkanes) is 2. The second-order valence-corrected chi connectivity index (χ2v) is 7.36. The van der Waals surface area contributed by atoms with Crippen LogP contribution < -0.4 is 0 Å². The number of carbonyl (C=O) groups excluding carboxylic acids is 1. The Hall–Kier alpha value is -0.570. The Morgan fingerprint density at radius 3 is 2.14 bits per heavy atom. The van der Waals surface area contributed by atoms with Gasteiger partial charge in [-0.05, 0) is 36.5 Å². The summed E-state index contributed by atoms with van der Waals surface area (Å²) in [5.74, 6) is -0.240. The first-order valence-electron chi connectivity index (χ1n) is 8.61. The third-order valence-corrected chi connectivity index (χ3v) is 4.76. The first-order valence-corrected chi connectivity index (χ1v) is 8.61. The molecule has 0 aliphatic carbocycles. The van der Waals surface area contributed by atoms with Crippen molar-refractivity contribution in [2.24, 2.45) is 10.8 Å². The second-order valence-electron chi connectivity index (χ2n) is 7.36. The summed E-state index contributed by atoms with van der Waals surface area (Å²) in [7, 11) is 0. The maximum absolute atomic E-state index is 11.5. The highest BCUT2D eigenvalue weighted by Crippen LogP contribution is 2.35. The Labute approximate surface area is 131 Å². The van der Waals surface area contributed by atoms with Crippen molar-refractivity contribution in [1.82, 2.24) is 0 Å². The highest BCUT2D eigenvalue weighted by molar-refractivity contribution is 5.68. The Morgan fingerprint density at radius 1 is 0.952 bits per heavy atom. The Bertz CT molecular complexity index is 286. The van der Waals surface area contributed by atoms with E-state index >= 15 is 0 Å². The Kier molecular flexibility index (Phi) is 9.93. The predicted octanol–water partition coefficient (Wildman–Crippen LogP) is 5.67. The van der Waals surface area contributed by atoms with Crippen LogP contribution in [0.5, 0.6) is 0 Å². The molecule has 0 rings (SSSR count). The van der Waals surface area contributed by atoms with Crippen LogP contribution in [0, 0.1) is 10.8 Å². The first-order chi connectivity index (χ1) is 9.78. The molecule has 0 aliphatic rings. The van der Waals surface area contributed by atoms with E-state index in [1.54, 1.807) is 0 Å². The normalized spacial score (nSPS) is 14.8. The summed E-state index contributed by atoms with van der Waals surface area (Å²) in [5.41, 5.74) is 0.448. The molecule has 0 aliphatic heterocycles. The van der Waals surface area contributed by atoms with Gasteiger partial charge in [-0.1, -0.05) is 60.8 Å². The Morgan fingerprint density at radius 2 is 1.62 bits per heavy atom. The lowest BCUT2D eigenvalue weighted by Crippen LogP contribution is -2.26. The molecule has 126 valence electrons. The van der Waals surface area contributed by atoms with Crippen LogP contribution in [0.15, 0.2) is 0 Å². The molecule has 0 aromatic rings. The standard InChI is InChI=1S/C18H36O3/c1-7-10-11-12-16(19)21-20-15-18(6,9-3)14-13-17(4,5)8-2/h7-15H2,1-6H3. The van der Waals surface area contributed by atoms with Crippen molar-refractivity contribution >= 4 is 5.97 Å². The molecular formula is C18H36O3. The van der Waals surface area contributed by atoms with Gasteiger partial charge >= 0.3 is 5.97 Å². The van der Waals surface area contributed by atoms with Crippen molar-refractivity contribution in [2.45, 2.75) is 92.9 Å². The Balaban J connectivity index is 4.04. The SMILES string of the molecule is CCCCCC(=O)OOCC(C)(CC)CCC(C)(C)CC. The van der Waals surface area contributed by atoms with E-state index in [9.17, 15) is 4.79 Å². The first kappa shape index (κ1) is 20.4. The summed E-state index contributed by atoms with van der Waals surface area (Å²) >= 11 is 0. The molecule has 0 fully saturated rings. The lowest BCUT2D eigenvalue weighted by Gasteiger charge is -2.31. The molecule has 3 heteroatoms. The molecule has 3 nitrogen and oxygen atoms in total. The molecule has 0 spiro atoms. The third-order valence-electron chi connectivity index (χ3n) is 4.76. The van der Waals surface area contributed by atoms with Crippen LogP contribution in [0.2, 0.25) is 0 Å². The van der Waals surface area contributed by atoms with Gasteiger partial charge in [0, 0.05) is 6.42 Å². The minimum Gasteiger partial charge on any atom is -0.298 e. The van der Waals surface area contributed by atoms with E-state index in [0.717, 1.165) is 32.1 Å². The largest absolute Gasteiger partial charge is 0.342 e. The zero-order valence-corrected chi connectivity index (χ0v) is 15.1. The summed E-state index contributed by atoms with van der Waals surface area (Å²) in [4.78, 5) is 21.6. The van der Waals surface area contributed by atoms with Crippen LogP contribution in [-0.2, 0) is 14.6 Å². The summed E-state index contributed by atoms with van der Waals surface area (Å²) in [6.07, 6.45) is 7.98. The quantitative estimate of drug-likeness (QED) is 0.264. The van der Waals surface area contributed by atoms with Gasteiger partial charge in [-0.2, -0.15) is 4.89 Å². The molecule has 0 aromatic carbocycles. The summed E-state index contributed by atoms with van der Waals surface area (Å²) in [6, 6.07) is 0. The van der Waals surface area contributed by atoms with Gasteiger partial charge in [0.1, 0.15) is 0 Å². The van der Waals surface area contributed by atoms with Crippen LogP contribution in [0.4, 0.5) is 0 Å². The zero-order chi connectivity index (χ0) is 16.4. The fourth-order valence-electron chi connectivity index (χ4n) is 1.97. The second kappa shape index (κ2) is 10.2. The van der Waals surface area contributed by atoms with Crippen LogP contribution in [-0.4, -0.2) is 12.6 Å². The van der Waals surface area contributed by atoms with E-state index < -0.39 is 0 Å². The third kappa shape index (κ3) is 9.89. The van der Waals surface area contributed by atoms with Crippen LogP contribution in [0.1, 0.15) is 92.9 Å². The van der Waals surface area contributed by atoms with Crippen molar-refractivity contribution in [3.8, 4) is 0 Å². The van der Waals surface area contributed by atoms with Gasteiger partial charge in [0.15, 0.2) is 0 Å². The summed E-state index contributed by atoms with van der Waals surface area (Å²) < 4.78 is 0. The average Bonchev–Trinajstić information content (AvgIpc) is 2.46. The van der Waals surface area contributed by atoms with Crippen molar-refractivity contribution < 1.29 is 14.6 Å². The number of hydrogen-bond donors (Lipinski definition) is 0. The van der Waals surface area contributed by atoms with E-state index in [1.807, 2.05) is 0 Å². The van der Waals surface area contributed by atoms with Crippen molar-refractivity contribution in [3.05, 3.63) is 0 Å². The average molecular weight is 300 g/mol. The van der Waals surface area contributed by atoms with Gasteiger partial charge in [-0.15, -0.1) is 0 Å². The van der Waals surface area contributed by atoms with Crippen molar-refractivity contribution in [2.75, 3.05) is 6.61 Å². The molecule has 1 unspecified atom stereocenters. The van der Waals surface area contributed by atoms with E-state index in [-0.39, 0.29) is 11.4 Å². The van der Waals surface area contributed by atoms with E-state index in [1.165, 1.54) is 12.8 Å². The minimum absolute atomic E-state index is 0.0795. The highest BCUT2D eigenvalue weighted by Gasteiger charge is 2.27. The molecule has 0 saturated carbocycles. The van der Waals surface area contributed by atoms with Crippen molar-refractivity contribution in [1.29, 1.82) is 0 Å². The van der Waals surface area contributed by atoms with Crippen molar-refractivity contribution in [3.63, 3.8) is 0 Å². The molecule has 0 amide bonds. The summed E-state index contributed by atoms with van der Waals surface area (Å²) in [6.45, 7) is 13.8. The highest BCUT2D eigenvalue weighted by atomic mass is 17.2. The van der Waals surface area contributed by atoms with Crippen LogP contribution >= 0.6 is 0 Å². The van der Waals surface area contributed by atoms with Gasteiger partial charge in [0.05, 0.1) is 6.61 Å². The topological polar surface area (TPSA) is 35.5 Å².